The van der Waals surface area contributed by atoms with Gasteiger partial charge in [0.05, 0.1) is 0 Å². The van der Waals surface area contributed by atoms with Crippen molar-refractivity contribution >= 4 is 11.9 Å². The molecule has 2 atom stereocenters. The summed E-state index contributed by atoms with van der Waals surface area (Å²) >= 11 is 0. The van der Waals surface area contributed by atoms with Crippen LogP contribution in [0.5, 0.6) is 5.75 Å². The van der Waals surface area contributed by atoms with E-state index in [1.54, 1.807) is 13.0 Å². The molecule has 1 amide bonds. The predicted octanol–water partition coefficient (Wildman–Crippen LogP) is 2.24. The van der Waals surface area contributed by atoms with Crippen LogP contribution >= 0.6 is 0 Å². The lowest BCUT2D eigenvalue weighted by Crippen LogP contribution is -2.46. The number of amides is 1. The van der Waals surface area contributed by atoms with Crippen molar-refractivity contribution in [3.63, 3.8) is 0 Å². The fourth-order valence-corrected chi connectivity index (χ4v) is 1.90. The number of rotatable bonds is 8. The van der Waals surface area contributed by atoms with Gasteiger partial charge in [-0.2, -0.15) is 0 Å². The Labute approximate surface area is 125 Å². The zero-order valence-electron chi connectivity index (χ0n) is 12.8. The van der Waals surface area contributed by atoms with E-state index in [2.05, 4.69) is 5.32 Å². The van der Waals surface area contributed by atoms with Gasteiger partial charge in [-0.15, -0.1) is 0 Å². The third-order valence-electron chi connectivity index (χ3n) is 3.47. The van der Waals surface area contributed by atoms with Crippen LogP contribution in [0.4, 0.5) is 0 Å². The lowest BCUT2D eigenvalue weighted by atomic mass is 9.99. The number of aryl methyl sites for hydroxylation is 1. The first kappa shape index (κ1) is 17.0. The molecule has 0 bridgehead atoms. The largest absolute Gasteiger partial charge is 0.484 e. The number of carboxylic acid groups (broad SMARTS) is 1. The molecule has 0 aliphatic heterocycles. The number of hydrogen-bond acceptors (Lipinski definition) is 3. The van der Waals surface area contributed by atoms with Crippen LogP contribution < -0.4 is 10.1 Å². The molecule has 0 fully saturated rings. The molecule has 0 aliphatic rings. The summed E-state index contributed by atoms with van der Waals surface area (Å²) in [5, 5.41) is 11.6. The van der Waals surface area contributed by atoms with Crippen LogP contribution in [0.25, 0.3) is 0 Å². The van der Waals surface area contributed by atoms with Gasteiger partial charge in [0.2, 0.25) is 0 Å². The molecular weight excluding hydrogens is 270 g/mol. The second-order valence-electron chi connectivity index (χ2n) is 5.06. The first-order chi connectivity index (χ1) is 9.97. The summed E-state index contributed by atoms with van der Waals surface area (Å²) in [7, 11) is 0. The first-order valence-corrected chi connectivity index (χ1v) is 7.21. The SMILES string of the molecule is CCc1cccc(OCC(=O)NC(C(=O)O)C(C)CC)c1. The highest BCUT2D eigenvalue weighted by molar-refractivity contribution is 5.84. The third kappa shape index (κ3) is 5.45. The smallest absolute Gasteiger partial charge is 0.326 e. The van der Waals surface area contributed by atoms with Crippen LogP contribution in [0.3, 0.4) is 0 Å². The highest BCUT2D eigenvalue weighted by Gasteiger charge is 2.25. The molecule has 0 aliphatic carbocycles. The molecule has 0 spiro atoms. The summed E-state index contributed by atoms with van der Waals surface area (Å²) in [6.07, 6.45) is 1.56. The van der Waals surface area contributed by atoms with Gasteiger partial charge in [0.1, 0.15) is 11.8 Å². The van der Waals surface area contributed by atoms with E-state index in [0.717, 1.165) is 12.0 Å². The van der Waals surface area contributed by atoms with Crippen LogP contribution in [-0.4, -0.2) is 29.6 Å². The minimum absolute atomic E-state index is 0.130. The number of ether oxygens (including phenoxy) is 1. The third-order valence-corrected chi connectivity index (χ3v) is 3.47. The quantitative estimate of drug-likeness (QED) is 0.770. The van der Waals surface area contributed by atoms with E-state index in [1.807, 2.05) is 32.0 Å². The second-order valence-corrected chi connectivity index (χ2v) is 5.06. The molecule has 116 valence electrons. The Morgan fingerprint density at radius 1 is 1.33 bits per heavy atom. The number of carboxylic acids is 1. The van der Waals surface area contributed by atoms with Crippen LogP contribution in [0, 0.1) is 5.92 Å². The first-order valence-electron chi connectivity index (χ1n) is 7.21. The van der Waals surface area contributed by atoms with Crippen LogP contribution in [0.2, 0.25) is 0 Å². The molecule has 0 saturated carbocycles. The number of carbonyl (C=O) groups excluding carboxylic acids is 1. The van der Waals surface area contributed by atoms with Crippen molar-refractivity contribution in [3.8, 4) is 5.75 Å². The Hall–Kier alpha value is -2.04. The Bertz CT molecular complexity index is 487. The molecule has 0 saturated heterocycles. The predicted molar refractivity (Wildman–Crippen MR) is 80.3 cm³/mol. The van der Waals surface area contributed by atoms with Gasteiger partial charge < -0.3 is 15.2 Å². The van der Waals surface area contributed by atoms with Gasteiger partial charge in [0.25, 0.3) is 5.91 Å². The van der Waals surface area contributed by atoms with Gasteiger partial charge >= 0.3 is 5.97 Å². The average Bonchev–Trinajstić information content (AvgIpc) is 2.49. The lowest BCUT2D eigenvalue weighted by molar-refractivity contribution is -0.143. The van der Waals surface area contributed by atoms with E-state index < -0.39 is 17.9 Å². The molecule has 0 heterocycles. The zero-order valence-corrected chi connectivity index (χ0v) is 12.8. The van der Waals surface area contributed by atoms with Crippen molar-refractivity contribution < 1.29 is 19.4 Å². The van der Waals surface area contributed by atoms with Crippen molar-refractivity contribution in [2.24, 2.45) is 5.92 Å². The Kier molecular flexibility index (Phi) is 6.72. The highest BCUT2D eigenvalue weighted by atomic mass is 16.5. The molecular formula is C16H23NO4. The van der Waals surface area contributed by atoms with E-state index in [-0.39, 0.29) is 12.5 Å². The molecule has 21 heavy (non-hydrogen) atoms. The summed E-state index contributed by atoms with van der Waals surface area (Å²) < 4.78 is 5.40. The summed E-state index contributed by atoms with van der Waals surface area (Å²) in [5.41, 5.74) is 1.12. The molecule has 0 radical (unpaired) electrons. The van der Waals surface area contributed by atoms with Gasteiger partial charge in [0.15, 0.2) is 6.61 Å². The van der Waals surface area contributed by atoms with Crippen LogP contribution in [0.1, 0.15) is 32.8 Å². The molecule has 5 nitrogen and oxygen atoms in total. The Morgan fingerprint density at radius 3 is 2.62 bits per heavy atom. The molecule has 1 aromatic rings. The zero-order chi connectivity index (χ0) is 15.8. The molecule has 2 N–H and O–H groups in total. The van der Waals surface area contributed by atoms with Crippen molar-refractivity contribution in [1.82, 2.24) is 5.32 Å². The molecule has 0 aromatic heterocycles. The van der Waals surface area contributed by atoms with E-state index in [1.165, 1.54) is 0 Å². The van der Waals surface area contributed by atoms with Crippen LogP contribution in [0.15, 0.2) is 24.3 Å². The standard InChI is InChI=1S/C16H23NO4/c1-4-11(3)15(16(19)20)17-14(18)10-21-13-8-6-7-12(5-2)9-13/h6-9,11,15H,4-5,10H2,1-3H3,(H,17,18)(H,19,20). The summed E-state index contributed by atoms with van der Waals surface area (Å²) in [5.74, 6) is -0.968. The number of carbonyl (C=O) groups is 2. The van der Waals surface area contributed by atoms with Crippen molar-refractivity contribution in [2.45, 2.75) is 39.7 Å². The fourth-order valence-electron chi connectivity index (χ4n) is 1.90. The maximum absolute atomic E-state index is 11.8. The molecule has 2 unspecified atom stereocenters. The highest BCUT2D eigenvalue weighted by Crippen LogP contribution is 2.13. The van der Waals surface area contributed by atoms with E-state index in [4.69, 9.17) is 9.84 Å². The summed E-state index contributed by atoms with van der Waals surface area (Å²) in [6.45, 7) is 5.53. The van der Waals surface area contributed by atoms with Gasteiger partial charge in [-0.05, 0) is 30.0 Å². The monoisotopic (exact) mass is 293 g/mol. The van der Waals surface area contributed by atoms with Crippen molar-refractivity contribution in [3.05, 3.63) is 29.8 Å². The van der Waals surface area contributed by atoms with Gasteiger partial charge in [-0.25, -0.2) is 4.79 Å². The number of aliphatic carboxylic acids is 1. The maximum Gasteiger partial charge on any atom is 0.326 e. The van der Waals surface area contributed by atoms with Gasteiger partial charge in [0, 0.05) is 0 Å². The average molecular weight is 293 g/mol. The second kappa shape index (κ2) is 8.29. The summed E-state index contributed by atoms with van der Waals surface area (Å²) in [6, 6.07) is 6.61. The summed E-state index contributed by atoms with van der Waals surface area (Å²) in [4.78, 5) is 22.9. The van der Waals surface area contributed by atoms with Crippen LogP contribution in [-0.2, 0) is 16.0 Å². The van der Waals surface area contributed by atoms with E-state index >= 15 is 0 Å². The Morgan fingerprint density at radius 2 is 2.05 bits per heavy atom. The normalized spacial score (nSPS) is 13.3. The minimum Gasteiger partial charge on any atom is -0.484 e. The maximum atomic E-state index is 11.8. The number of nitrogens with one attached hydrogen (secondary N) is 1. The van der Waals surface area contributed by atoms with Gasteiger partial charge in [-0.1, -0.05) is 39.3 Å². The van der Waals surface area contributed by atoms with Crippen molar-refractivity contribution in [1.29, 1.82) is 0 Å². The van der Waals surface area contributed by atoms with E-state index in [9.17, 15) is 9.59 Å². The molecule has 5 heteroatoms. The Balaban J connectivity index is 2.54. The van der Waals surface area contributed by atoms with E-state index in [0.29, 0.717) is 12.2 Å². The van der Waals surface area contributed by atoms with Crippen molar-refractivity contribution in [2.75, 3.05) is 6.61 Å². The fraction of sp³-hybridized carbons (Fsp3) is 0.500. The lowest BCUT2D eigenvalue weighted by Gasteiger charge is -2.20. The topological polar surface area (TPSA) is 75.6 Å². The number of benzene rings is 1. The molecule has 1 rings (SSSR count). The molecule has 1 aromatic carbocycles. The van der Waals surface area contributed by atoms with Gasteiger partial charge in [-0.3, -0.25) is 4.79 Å². The number of hydrogen-bond donors (Lipinski definition) is 2. The minimum atomic E-state index is -1.02.